The van der Waals surface area contributed by atoms with E-state index < -0.39 is 0 Å². The summed E-state index contributed by atoms with van der Waals surface area (Å²) < 4.78 is 0. The predicted molar refractivity (Wildman–Crippen MR) is 97.5 cm³/mol. The lowest BCUT2D eigenvalue weighted by molar-refractivity contribution is 1.37. The van der Waals surface area contributed by atoms with Crippen molar-refractivity contribution >= 4 is 56.6 Å². The Morgan fingerprint density at radius 3 is 2.17 bits per heavy atom. The molecule has 0 saturated carbocycles. The monoisotopic (exact) mass is 358 g/mol. The molecule has 0 spiro atoms. The highest BCUT2D eigenvalue weighted by Gasteiger charge is 2.10. The van der Waals surface area contributed by atoms with E-state index in [4.69, 9.17) is 39.8 Å². The summed E-state index contributed by atoms with van der Waals surface area (Å²) in [5.41, 5.74) is 3.31. The fourth-order valence-corrected chi connectivity index (χ4v) is 3.24. The second kappa shape index (κ2) is 5.64. The summed E-state index contributed by atoms with van der Waals surface area (Å²) in [6.07, 6.45) is 1.74. The highest BCUT2D eigenvalue weighted by molar-refractivity contribution is 6.36. The maximum atomic E-state index is 6.42. The molecule has 0 bridgehead atoms. The SMILES string of the molecule is Clc1ccc2c(Cl)cc(-c3ccnc4cc(Cl)ccc34)nc2c1. The van der Waals surface area contributed by atoms with Gasteiger partial charge >= 0.3 is 0 Å². The fourth-order valence-electron chi connectivity index (χ4n) is 2.64. The minimum absolute atomic E-state index is 0.629. The third-order valence-electron chi connectivity index (χ3n) is 3.70. The predicted octanol–water partition coefficient (Wildman–Crippen LogP) is 6.41. The quantitative estimate of drug-likeness (QED) is 0.392. The van der Waals surface area contributed by atoms with Crippen LogP contribution in [0.25, 0.3) is 33.1 Å². The van der Waals surface area contributed by atoms with Crippen LogP contribution in [0.3, 0.4) is 0 Å². The normalized spacial score (nSPS) is 11.3. The molecule has 0 aliphatic heterocycles. The number of hydrogen-bond acceptors (Lipinski definition) is 2. The van der Waals surface area contributed by atoms with E-state index >= 15 is 0 Å². The summed E-state index contributed by atoms with van der Waals surface area (Å²) in [6, 6.07) is 14.9. The molecule has 112 valence electrons. The zero-order valence-corrected chi connectivity index (χ0v) is 14.0. The van der Waals surface area contributed by atoms with Crippen molar-refractivity contribution in [1.82, 2.24) is 9.97 Å². The van der Waals surface area contributed by atoms with Crippen LogP contribution in [0.15, 0.2) is 54.7 Å². The average molecular weight is 360 g/mol. The van der Waals surface area contributed by atoms with Crippen LogP contribution in [0.4, 0.5) is 0 Å². The first-order chi connectivity index (χ1) is 11.1. The lowest BCUT2D eigenvalue weighted by atomic mass is 10.0. The lowest BCUT2D eigenvalue weighted by Gasteiger charge is -2.09. The van der Waals surface area contributed by atoms with Gasteiger partial charge in [-0.05, 0) is 42.5 Å². The van der Waals surface area contributed by atoms with Crippen molar-refractivity contribution in [1.29, 1.82) is 0 Å². The number of halogens is 3. The molecule has 0 fully saturated rings. The van der Waals surface area contributed by atoms with Gasteiger partial charge in [0, 0.05) is 32.6 Å². The number of pyridine rings is 2. The van der Waals surface area contributed by atoms with Crippen molar-refractivity contribution in [2.45, 2.75) is 0 Å². The number of fused-ring (bicyclic) bond motifs is 2. The highest BCUT2D eigenvalue weighted by atomic mass is 35.5. The van der Waals surface area contributed by atoms with E-state index in [9.17, 15) is 0 Å². The Kier molecular flexibility index (Phi) is 3.61. The maximum absolute atomic E-state index is 6.42. The van der Waals surface area contributed by atoms with Crippen LogP contribution in [-0.2, 0) is 0 Å². The van der Waals surface area contributed by atoms with E-state index in [1.165, 1.54) is 0 Å². The molecule has 2 heterocycles. The van der Waals surface area contributed by atoms with Crippen molar-refractivity contribution < 1.29 is 0 Å². The number of aromatic nitrogens is 2. The number of rotatable bonds is 1. The first kappa shape index (κ1) is 14.7. The summed E-state index contributed by atoms with van der Waals surface area (Å²) in [7, 11) is 0. The van der Waals surface area contributed by atoms with Gasteiger partial charge in [-0.15, -0.1) is 0 Å². The van der Waals surface area contributed by atoms with Crippen LogP contribution < -0.4 is 0 Å². The van der Waals surface area contributed by atoms with Crippen molar-refractivity contribution in [3.8, 4) is 11.3 Å². The lowest BCUT2D eigenvalue weighted by Crippen LogP contribution is -1.89. The molecule has 0 aliphatic rings. The minimum Gasteiger partial charge on any atom is -0.256 e. The molecule has 2 aromatic heterocycles. The molecule has 2 aromatic carbocycles. The molecule has 0 atom stereocenters. The third-order valence-corrected chi connectivity index (χ3v) is 4.49. The van der Waals surface area contributed by atoms with Gasteiger partial charge in [0.25, 0.3) is 0 Å². The molecular weight excluding hydrogens is 351 g/mol. The summed E-state index contributed by atoms with van der Waals surface area (Å²) in [5, 5.41) is 3.77. The van der Waals surface area contributed by atoms with Gasteiger partial charge in [0.1, 0.15) is 0 Å². The smallest absolute Gasteiger partial charge is 0.0739 e. The van der Waals surface area contributed by atoms with E-state index in [0.29, 0.717) is 15.1 Å². The zero-order chi connectivity index (χ0) is 16.0. The van der Waals surface area contributed by atoms with Crippen LogP contribution in [0, 0.1) is 0 Å². The Bertz CT molecular complexity index is 1060. The first-order valence-electron chi connectivity index (χ1n) is 6.92. The van der Waals surface area contributed by atoms with E-state index in [1.807, 2.05) is 42.5 Å². The second-order valence-corrected chi connectivity index (χ2v) is 6.45. The molecule has 4 rings (SSSR count). The summed E-state index contributed by atoms with van der Waals surface area (Å²) in [4.78, 5) is 9.07. The van der Waals surface area contributed by atoms with Gasteiger partial charge < -0.3 is 0 Å². The second-order valence-electron chi connectivity index (χ2n) is 5.17. The van der Waals surface area contributed by atoms with Gasteiger partial charge in [-0.2, -0.15) is 0 Å². The van der Waals surface area contributed by atoms with Gasteiger partial charge in [-0.3, -0.25) is 4.98 Å². The molecule has 0 aliphatic carbocycles. The summed E-state index contributed by atoms with van der Waals surface area (Å²) >= 11 is 18.5. The molecule has 0 amide bonds. The fraction of sp³-hybridized carbons (Fsp3) is 0. The van der Waals surface area contributed by atoms with Crippen LogP contribution >= 0.6 is 34.8 Å². The zero-order valence-electron chi connectivity index (χ0n) is 11.7. The molecule has 2 nitrogen and oxygen atoms in total. The Morgan fingerprint density at radius 1 is 0.696 bits per heavy atom. The average Bonchev–Trinajstić information content (AvgIpc) is 2.53. The Hall–Kier alpha value is -1.87. The third kappa shape index (κ3) is 2.63. The molecule has 0 radical (unpaired) electrons. The maximum Gasteiger partial charge on any atom is 0.0739 e. The van der Waals surface area contributed by atoms with Gasteiger partial charge in [-0.25, -0.2) is 4.98 Å². The van der Waals surface area contributed by atoms with Gasteiger partial charge in [0.15, 0.2) is 0 Å². The Morgan fingerprint density at radius 2 is 1.39 bits per heavy atom. The first-order valence-corrected chi connectivity index (χ1v) is 8.06. The minimum atomic E-state index is 0.629. The largest absolute Gasteiger partial charge is 0.256 e. The number of hydrogen-bond donors (Lipinski definition) is 0. The topological polar surface area (TPSA) is 25.8 Å². The Labute approximate surface area is 147 Å². The molecular formula is C18H9Cl3N2. The summed E-state index contributed by atoms with van der Waals surface area (Å²) in [5.74, 6) is 0. The van der Waals surface area contributed by atoms with Crippen molar-refractivity contribution in [3.63, 3.8) is 0 Å². The number of nitrogens with zero attached hydrogens (tertiary/aromatic N) is 2. The van der Waals surface area contributed by atoms with Crippen LogP contribution in [0.2, 0.25) is 15.1 Å². The molecule has 0 N–H and O–H groups in total. The standard InChI is InChI=1S/C18H9Cl3N2/c19-10-1-3-12-13(5-6-22-16(12)7-10)18-9-15(21)14-4-2-11(20)8-17(14)23-18/h1-9H. The Balaban J connectivity index is 2.02. The van der Waals surface area contributed by atoms with E-state index in [-0.39, 0.29) is 0 Å². The van der Waals surface area contributed by atoms with Crippen molar-refractivity contribution in [2.24, 2.45) is 0 Å². The summed E-state index contributed by atoms with van der Waals surface area (Å²) in [6.45, 7) is 0. The van der Waals surface area contributed by atoms with Crippen molar-refractivity contribution in [3.05, 3.63) is 69.8 Å². The highest BCUT2D eigenvalue weighted by Crippen LogP contribution is 2.33. The van der Waals surface area contributed by atoms with Crippen molar-refractivity contribution in [2.75, 3.05) is 0 Å². The van der Waals surface area contributed by atoms with Gasteiger partial charge in [0.2, 0.25) is 0 Å². The van der Waals surface area contributed by atoms with Crippen LogP contribution in [0.5, 0.6) is 0 Å². The van der Waals surface area contributed by atoms with Crippen LogP contribution in [0.1, 0.15) is 0 Å². The van der Waals surface area contributed by atoms with Gasteiger partial charge in [0.05, 0.1) is 21.7 Å². The van der Waals surface area contributed by atoms with E-state index in [0.717, 1.165) is 33.1 Å². The van der Waals surface area contributed by atoms with Crippen LogP contribution in [-0.4, -0.2) is 9.97 Å². The van der Waals surface area contributed by atoms with E-state index in [1.54, 1.807) is 12.3 Å². The molecule has 0 saturated heterocycles. The molecule has 4 aromatic rings. The molecule has 23 heavy (non-hydrogen) atoms. The molecule has 0 unspecified atom stereocenters. The molecule has 5 heteroatoms. The van der Waals surface area contributed by atoms with E-state index in [2.05, 4.69) is 4.98 Å². The number of benzene rings is 2. The van der Waals surface area contributed by atoms with Gasteiger partial charge in [-0.1, -0.05) is 40.9 Å².